The van der Waals surface area contributed by atoms with Gasteiger partial charge in [0.15, 0.2) is 0 Å². The number of carbonyl (C=O) groups excluding carboxylic acids is 2. The van der Waals surface area contributed by atoms with Crippen LogP contribution in [0.15, 0.2) is 78.9 Å². The van der Waals surface area contributed by atoms with Crippen LogP contribution in [0, 0.1) is 0 Å². The summed E-state index contributed by atoms with van der Waals surface area (Å²) in [5, 5.41) is 2.95. The van der Waals surface area contributed by atoms with Crippen molar-refractivity contribution in [2.75, 3.05) is 11.4 Å². The van der Waals surface area contributed by atoms with Crippen LogP contribution in [0.2, 0.25) is 0 Å². The number of rotatable bonds is 4. The molecule has 1 aliphatic heterocycles. The largest absolute Gasteiger partial charge is 0.348 e. The van der Waals surface area contributed by atoms with Crippen molar-refractivity contribution in [3.8, 4) is 0 Å². The molecule has 0 spiro atoms. The van der Waals surface area contributed by atoms with Gasteiger partial charge < -0.3 is 10.2 Å². The molecule has 2 amide bonds. The smallest absolute Gasteiger partial charge is 0.258 e. The molecule has 0 fully saturated rings. The second-order valence-corrected chi connectivity index (χ2v) is 6.58. The van der Waals surface area contributed by atoms with Gasteiger partial charge in [0.1, 0.15) is 0 Å². The van der Waals surface area contributed by atoms with Crippen molar-refractivity contribution in [3.63, 3.8) is 0 Å². The van der Waals surface area contributed by atoms with Crippen LogP contribution in [0.1, 0.15) is 31.8 Å². The lowest BCUT2D eigenvalue weighted by molar-refractivity contribution is 0.0949. The van der Waals surface area contributed by atoms with E-state index in [9.17, 15) is 9.59 Å². The molecule has 0 bridgehead atoms. The Morgan fingerprint density at radius 1 is 0.852 bits per heavy atom. The average Bonchev–Trinajstić information content (AvgIpc) is 3.16. The summed E-state index contributed by atoms with van der Waals surface area (Å²) >= 11 is 0. The highest BCUT2D eigenvalue weighted by atomic mass is 16.2. The maximum Gasteiger partial charge on any atom is 0.258 e. The second kappa shape index (κ2) is 7.46. The summed E-state index contributed by atoms with van der Waals surface area (Å²) in [6.07, 6.45) is 0.828. The van der Waals surface area contributed by atoms with E-state index in [0.717, 1.165) is 23.2 Å². The summed E-state index contributed by atoms with van der Waals surface area (Å²) in [7, 11) is 0. The lowest BCUT2D eigenvalue weighted by Crippen LogP contribution is -2.28. The molecule has 0 aliphatic carbocycles. The van der Waals surface area contributed by atoms with Gasteiger partial charge in [0.25, 0.3) is 11.8 Å². The zero-order chi connectivity index (χ0) is 18.6. The molecule has 0 atom stereocenters. The van der Waals surface area contributed by atoms with E-state index >= 15 is 0 Å². The summed E-state index contributed by atoms with van der Waals surface area (Å²) in [4.78, 5) is 26.8. The third kappa shape index (κ3) is 3.60. The average molecular weight is 356 g/mol. The fourth-order valence-electron chi connectivity index (χ4n) is 3.39. The molecule has 0 aromatic heterocycles. The maximum atomic E-state index is 12.7. The SMILES string of the molecule is O=C(NCc1ccc2c(c1)CCN2C(=O)c1ccccc1)c1ccccc1. The van der Waals surface area contributed by atoms with Gasteiger partial charge in [0, 0.05) is 29.9 Å². The summed E-state index contributed by atoms with van der Waals surface area (Å²) in [5.41, 5.74) is 4.49. The number of benzene rings is 3. The number of fused-ring (bicyclic) bond motifs is 1. The second-order valence-electron chi connectivity index (χ2n) is 6.58. The van der Waals surface area contributed by atoms with E-state index in [2.05, 4.69) is 11.4 Å². The van der Waals surface area contributed by atoms with Crippen LogP contribution in [0.5, 0.6) is 0 Å². The van der Waals surface area contributed by atoms with Crippen molar-refractivity contribution >= 4 is 17.5 Å². The quantitative estimate of drug-likeness (QED) is 0.773. The lowest BCUT2D eigenvalue weighted by Gasteiger charge is -2.17. The molecule has 27 heavy (non-hydrogen) atoms. The van der Waals surface area contributed by atoms with E-state index in [1.807, 2.05) is 65.6 Å². The molecule has 4 nitrogen and oxygen atoms in total. The Morgan fingerprint density at radius 2 is 1.52 bits per heavy atom. The fourth-order valence-corrected chi connectivity index (χ4v) is 3.39. The molecule has 1 N–H and O–H groups in total. The molecule has 1 aliphatic rings. The Kier molecular flexibility index (Phi) is 4.71. The van der Waals surface area contributed by atoms with Crippen LogP contribution in [0.3, 0.4) is 0 Å². The molecule has 0 saturated heterocycles. The van der Waals surface area contributed by atoms with Crippen molar-refractivity contribution in [2.45, 2.75) is 13.0 Å². The molecule has 0 radical (unpaired) electrons. The molecular formula is C23H20N2O2. The first-order valence-corrected chi connectivity index (χ1v) is 9.04. The van der Waals surface area contributed by atoms with Crippen molar-refractivity contribution < 1.29 is 9.59 Å². The van der Waals surface area contributed by atoms with Gasteiger partial charge in [-0.15, -0.1) is 0 Å². The number of carbonyl (C=O) groups is 2. The topological polar surface area (TPSA) is 49.4 Å². The van der Waals surface area contributed by atoms with Crippen molar-refractivity contribution in [2.24, 2.45) is 0 Å². The minimum atomic E-state index is -0.0861. The highest BCUT2D eigenvalue weighted by Crippen LogP contribution is 2.30. The first kappa shape index (κ1) is 17.0. The van der Waals surface area contributed by atoms with E-state index in [-0.39, 0.29) is 11.8 Å². The van der Waals surface area contributed by atoms with E-state index in [0.29, 0.717) is 24.2 Å². The zero-order valence-corrected chi connectivity index (χ0v) is 14.9. The van der Waals surface area contributed by atoms with Gasteiger partial charge >= 0.3 is 0 Å². The minimum Gasteiger partial charge on any atom is -0.348 e. The summed E-state index contributed by atoms with van der Waals surface area (Å²) < 4.78 is 0. The normalized spacial score (nSPS) is 12.5. The maximum absolute atomic E-state index is 12.7. The van der Waals surface area contributed by atoms with Gasteiger partial charge in [0.2, 0.25) is 0 Å². The fraction of sp³-hybridized carbons (Fsp3) is 0.130. The van der Waals surface area contributed by atoms with E-state index < -0.39 is 0 Å². The zero-order valence-electron chi connectivity index (χ0n) is 14.9. The van der Waals surface area contributed by atoms with Crippen molar-refractivity contribution in [1.82, 2.24) is 5.32 Å². The monoisotopic (exact) mass is 356 g/mol. The van der Waals surface area contributed by atoms with Gasteiger partial charge in [-0.3, -0.25) is 9.59 Å². The summed E-state index contributed by atoms with van der Waals surface area (Å²) in [5.74, 6) is -0.0588. The Balaban J connectivity index is 1.45. The minimum absolute atomic E-state index is 0.0273. The van der Waals surface area contributed by atoms with Crippen LogP contribution in [-0.4, -0.2) is 18.4 Å². The van der Waals surface area contributed by atoms with E-state index in [1.165, 1.54) is 0 Å². The number of amides is 2. The molecule has 3 aromatic carbocycles. The predicted molar refractivity (Wildman–Crippen MR) is 106 cm³/mol. The molecule has 4 rings (SSSR count). The van der Waals surface area contributed by atoms with Gasteiger partial charge in [-0.2, -0.15) is 0 Å². The van der Waals surface area contributed by atoms with Gasteiger partial charge in [-0.25, -0.2) is 0 Å². The van der Waals surface area contributed by atoms with Gasteiger partial charge in [-0.05, 0) is 47.9 Å². The van der Waals surface area contributed by atoms with Crippen LogP contribution in [-0.2, 0) is 13.0 Å². The molecule has 0 saturated carbocycles. The highest BCUT2D eigenvalue weighted by molar-refractivity contribution is 6.07. The number of anilines is 1. The van der Waals surface area contributed by atoms with Crippen LogP contribution in [0.4, 0.5) is 5.69 Å². The number of nitrogens with zero attached hydrogens (tertiary/aromatic N) is 1. The lowest BCUT2D eigenvalue weighted by atomic mass is 10.1. The summed E-state index contributed by atoms with van der Waals surface area (Å²) in [6, 6.07) is 24.6. The summed E-state index contributed by atoms with van der Waals surface area (Å²) in [6.45, 7) is 1.15. The van der Waals surface area contributed by atoms with Crippen LogP contribution < -0.4 is 10.2 Å². The first-order chi connectivity index (χ1) is 13.2. The highest BCUT2D eigenvalue weighted by Gasteiger charge is 2.25. The van der Waals surface area contributed by atoms with Crippen molar-refractivity contribution in [3.05, 3.63) is 101 Å². The molecule has 134 valence electrons. The van der Waals surface area contributed by atoms with Gasteiger partial charge in [-0.1, -0.05) is 48.5 Å². The Bertz CT molecular complexity index is 968. The molecule has 3 aromatic rings. The Labute approximate surface area is 158 Å². The number of nitrogens with one attached hydrogen (secondary N) is 1. The molecule has 0 unspecified atom stereocenters. The Hall–Kier alpha value is -3.40. The third-order valence-electron chi connectivity index (χ3n) is 4.79. The number of hydrogen-bond donors (Lipinski definition) is 1. The van der Waals surface area contributed by atoms with E-state index in [1.54, 1.807) is 12.1 Å². The molecule has 4 heteroatoms. The molecular weight excluding hydrogens is 336 g/mol. The van der Waals surface area contributed by atoms with E-state index in [4.69, 9.17) is 0 Å². The van der Waals surface area contributed by atoms with Crippen LogP contribution in [0.25, 0.3) is 0 Å². The van der Waals surface area contributed by atoms with Crippen molar-refractivity contribution in [1.29, 1.82) is 0 Å². The standard InChI is InChI=1S/C23H20N2O2/c26-22(18-7-3-1-4-8-18)24-16-17-11-12-21-20(15-17)13-14-25(21)23(27)19-9-5-2-6-10-19/h1-12,15H,13-14,16H2,(H,24,26). The predicted octanol–water partition coefficient (Wildman–Crippen LogP) is 3.82. The number of hydrogen-bond acceptors (Lipinski definition) is 2. The third-order valence-corrected chi connectivity index (χ3v) is 4.79. The Morgan fingerprint density at radius 3 is 2.22 bits per heavy atom. The van der Waals surface area contributed by atoms with Gasteiger partial charge in [0.05, 0.1) is 0 Å². The molecule has 1 heterocycles. The first-order valence-electron chi connectivity index (χ1n) is 9.04. The van der Waals surface area contributed by atoms with Crippen LogP contribution >= 0.6 is 0 Å².